The molecule has 2 aromatic rings. The SMILES string of the molecule is COC(=O)c1ccc(-c2cccc3c2OCN(C(=O)O)C3)nc1N1CCCCC1. The minimum atomic E-state index is -1.02. The number of nitrogens with zero attached hydrogens (tertiary/aromatic N) is 3. The number of carbonyl (C=O) groups is 2. The highest BCUT2D eigenvalue weighted by atomic mass is 16.5. The van der Waals surface area contributed by atoms with Crippen molar-refractivity contribution in [2.45, 2.75) is 25.8 Å². The molecule has 0 saturated carbocycles. The molecule has 0 atom stereocenters. The molecule has 1 aromatic heterocycles. The first kappa shape index (κ1) is 19.0. The number of benzene rings is 1. The van der Waals surface area contributed by atoms with Crippen molar-refractivity contribution < 1.29 is 24.2 Å². The van der Waals surface area contributed by atoms with Crippen molar-refractivity contribution in [1.29, 1.82) is 0 Å². The second kappa shape index (κ2) is 7.98. The number of anilines is 1. The van der Waals surface area contributed by atoms with Crippen molar-refractivity contribution in [1.82, 2.24) is 9.88 Å². The third-order valence-electron chi connectivity index (χ3n) is 5.31. The largest absolute Gasteiger partial charge is 0.472 e. The van der Waals surface area contributed by atoms with Crippen molar-refractivity contribution in [2.75, 3.05) is 31.8 Å². The molecule has 1 amide bonds. The van der Waals surface area contributed by atoms with Crippen molar-refractivity contribution in [2.24, 2.45) is 0 Å². The number of carboxylic acid groups (broad SMARTS) is 1. The number of piperidine rings is 1. The zero-order chi connectivity index (χ0) is 20.4. The normalized spacial score (nSPS) is 16.0. The molecule has 0 bridgehead atoms. The zero-order valence-corrected chi connectivity index (χ0v) is 16.3. The van der Waals surface area contributed by atoms with Gasteiger partial charge < -0.3 is 19.5 Å². The van der Waals surface area contributed by atoms with Crippen molar-refractivity contribution in [3.05, 3.63) is 41.5 Å². The quantitative estimate of drug-likeness (QED) is 0.794. The summed E-state index contributed by atoms with van der Waals surface area (Å²) < 4.78 is 10.7. The van der Waals surface area contributed by atoms with Crippen LogP contribution in [0.5, 0.6) is 5.75 Å². The minimum Gasteiger partial charge on any atom is -0.472 e. The van der Waals surface area contributed by atoms with Gasteiger partial charge in [0.1, 0.15) is 17.1 Å². The smallest absolute Gasteiger partial charge is 0.410 e. The van der Waals surface area contributed by atoms with E-state index in [1.807, 2.05) is 18.2 Å². The average Bonchev–Trinajstić information content (AvgIpc) is 2.78. The van der Waals surface area contributed by atoms with Gasteiger partial charge in [0.05, 0.1) is 19.3 Å². The number of ether oxygens (including phenoxy) is 2. The van der Waals surface area contributed by atoms with Crippen LogP contribution in [0.4, 0.5) is 10.6 Å². The highest BCUT2D eigenvalue weighted by molar-refractivity contribution is 5.95. The first-order chi connectivity index (χ1) is 14.1. The van der Waals surface area contributed by atoms with Crippen molar-refractivity contribution >= 4 is 17.9 Å². The molecule has 4 rings (SSSR count). The first-order valence-corrected chi connectivity index (χ1v) is 9.65. The van der Waals surface area contributed by atoms with E-state index in [4.69, 9.17) is 14.5 Å². The van der Waals surface area contributed by atoms with Gasteiger partial charge in [0.15, 0.2) is 6.73 Å². The van der Waals surface area contributed by atoms with Crippen molar-refractivity contribution in [3.8, 4) is 17.0 Å². The highest BCUT2D eigenvalue weighted by Gasteiger charge is 2.26. The number of fused-ring (bicyclic) bond motifs is 1. The molecular formula is C21H23N3O5. The lowest BCUT2D eigenvalue weighted by atomic mass is 10.0. The molecule has 0 radical (unpaired) electrons. The Balaban J connectivity index is 1.75. The summed E-state index contributed by atoms with van der Waals surface area (Å²) in [6, 6.07) is 9.13. The van der Waals surface area contributed by atoms with Crippen LogP contribution in [0.15, 0.2) is 30.3 Å². The maximum absolute atomic E-state index is 12.3. The summed E-state index contributed by atoms with van der Waals surface area (Å²) in [7, 11) is 1.37. The topological polar surface area (TPSA) is 92.2 Å². The maximum Gasteiger partial charge on any atom is 0.410 e. The van der Waals surface area contributed by atoms with Crippen LogP contribution in [0.25, 0.3) is 11.3 Å². The number of hydrogen-bond donors (Lipinski definition) is 1. The Morgan fingerprint density at radius 3 is 2.66 bits per heavy atom. The number of carbonyl (C=O) groups excluding carboxylic acids is 1. The van der Waals surface area contributed by atoms with Gasteiger partial charge in [0, 0.05) is 24.2 Å². The van der Waals surface area contributed by atoms with E-state index in [0.29, 0.717) is 22.8 Å². The molecule has 8 nitrogen and oxygen atoms in total. The lowest BCUT2D eigenvalue weighted by Crippen LogP contribution is -2.36. The van der Waals surface area contributed by atoms with E-state index in [9.17, 15) is 14.7 Å². The van der Waals surface area contributed by atoms with E-state index < -0.39 is 12.1 Å². The molecule has 0 aliphatic carbocycles. The number of hydrogen-bond acceptors (Lipinski definition) is 6. The summed E-state index contributed by atoms with van der Waals surface area (Å²) in [5.74, 6) is 0.843. The van der Waals surface area contributed by atoms with Gasteiger partial charge >= 0.3 is 12.1 Å². The van der Waals surface area contributed by atoms with E-state index in [2.05, 4.69) is 4.90 Å². The molecule has 1 aromatic carbocycles. The van der Waals surface area contributed by atoms with Crippen LogP contribution in [-0.4, -0.2) is 54.0 Å². The lowest BCUT2D eigenvalue weighted by Gasteiger charge is -2.30. The fraction of sp³-hybridized carbons (Fsp3) is 0.381. The highest BCUT2D eigenvalue weighted by Crippen LogP contribution is 2.37. The Morgan fingerprint density at radius 2 is 1.93 bits per heavy atom. The Labute approximate surface area is 168 Å². The molecule has 1 N–H and O–H groups in total. The van der Waals surface area contributed by atoms with Gasteiger partial charge in [0.25, 0.3) is 0 Å². The number of pyridine rings is 1. The van der Waals surface area contributed by atoms with E-state index >= 15 is 0 Å². The second-order valence-electron chi connectivity index (χ2n) is 7.15. The Bertz CT molecular complexity index is 940. The molecule has 3 heterocycles. The third kappa shape index (κ3) is 3.70. The van der Waals surface area contributed by atoms with Crippen LogP contribution in [0.2, 0.25) is 0 Å². The van der Waals surface area contributed by atoms with Gasteiger partial charge in [-0.1, -0.05) is 12.1 Å². The van der Waals surface area contributed by atoms with Crippen LogP contribution in [0, 0.1) is 0 Å². The van der Waals surface area contributed by atoms with Gasteiger partial charge in [-0.15, -0.1) is 0 Å². The molecule has 8 heteroatoms. The van der Waals surface area contributed by atoms with Crippen LogP contribution in [-0.2, 0) is 11.3 Å². The second-order valence-corrected chi connectivity index (χ2v) is 7.15. The van der Waals surface area contributed by atoms with Crippen LogP contribution in [0.1, 0.15) is 35.2 Å². The number of methoxy groups -OCH3 is 1. The van der Waals surface area contributed by atoms with Crippen molar-refractivity contribution in [3.63, 3.8) is 0 Å². The zero-order valence-electron chi connectivity index (χ0n) is 16.3. The summed E-state index contributed by atoms with van der Waals surface area (Å²) in [5.41, 5.74) is 2.69. The summed E-state index contributed by atoms with van der Waals surface area (Å²) in [6.07, 6.45) is 2.26. The molecular weight excluding hydrogens is 374 g/mol. The number of esters is 1. The van der Waals surface area contributed by atoms with Gasteiger partial charge in [-0.05, 0) is 37.5 Å². The first-order valence-electron chi connectivity index (χ1n) is 9.65. The Kier molecular flexibility index (Phi) is 5.24. The van der Waals surface area contributed by atoms with E-state index in [1.165, 1.54) is 18.4 Å². The van der Waals surface area contributed by atoms with E-state index in [-0.39, 0.29) is 13.3 Å². The molecule has 1 saturated heterocycles. The fourth-order valence-electron chi connectivity index (χ4n) is 3.81. The van der Waals surface area contributed by atoms with E-state index in [0.717, 1.165) is 37.1 Å². The van der Waals surface area contributed by atoms with Crippen LogP contribution < -0.4 is 9.64 Å². The summed E-state index contributed by atoms with van der Waals surface area (Å²) >= 11 is 0. The predicted molar refractivity (Wildman–Crippen MR) is 106 cm³/mol. The molecule has 152 valence electrons. The number of aromatic nitrogens is 1. The lowest BCUT2D eigenvalue weighted by molar-refractivity contribution is 0.0600. The Hall–Kier alpha value is -3.29. The van der Waals surface area contributed by atoms with Crippen LogP contribution >= 0.6 is 0 Å². The number of para-hydroxylation sites is 1. The fourth-order valence-corrected chi connectivity index (χ4v) is 3.81. The van der Waals surface area contributed by atoms with Crippen LogP contribution in [0.3, 0.4) is 0 Å². The average molecular weight is 397 g/mol. The minimum absolute atomic E-state index is 0.0292. The monoisotopic (exact) mass is 397 g/mol. The van der Waals surface area contributed by atoms with Gasteiger partial charge in [-0.2, -0.15) is 0 Å². The summed E-state index contributed by atoms with van der Waals surface area (Å²) in [5, 5.41) is 9.22. The molecule has 2 aliphatic rings. The molecule has 1 fully saturated rings. The molecule has 2 aliphatic heterocycles. The van der Waals surface area contributed by atoms with Gasteiger partial charge in [-0.25, -0.2) is 14.6 Å². The number of rotatable bonds is 3. The standard InChI is InChI=1S/C21H23N3O5/c1-28-20(25)16-8-9-17(22-19(16)23-10-3-2-4-11-23)15-7-5-6-14-12-24(21(26)27)13-29-18(14)15/h5-9H,2-4,10-13H2,1H3,(H,26,27). The summed E-state index contributed by atoms with van der Waals surface area (Å²) in [4.78, 5) is 31.7. The molecule has 0 spiro atoms. The van der Waals surface area contributed by atoms with Gasteiger partial charge in [-0.3, -0.25) is 4.90 Å². The summed E-state index contributed by atoms with van der Waals surface area (Å²) in [6.45, 7) is 1.92. The maximum atomic E-state index is 12.3. The number of amides is 1. The molecule has 29 heavy (non-hydrogen) atoms. The van der Waals surface area contributed by atoms with E-state index in [1.54, 1.807) is 12.1 Å². The third-order valence-corrected chi connectivity index (χ3v) is 5.31. The Morgan fingerprint density at radius 1 is 1.14 bits per heavy atom. The van der Waals surface area contributed by atoms with Gasteiger partial charge in [0.2, 0.25) is 0 Å². The predicted octanol–water partition coefficient (Wildman–Crippen LogP) is 3.36. The molecule has 0 unspecified atom stereocenters.